The highest BCUT2D eigenvalue weighted by atomic mass is 16.1. The van der Waals surface area contributed by atoms with Gasteiger partial charge in [-0.25, -0.2) is 0 Å². The minimum Gasteiger partial charge on any atom is -0.384 e. The third-order valence-corrected chi connectivity index (χ3v) is 3.79. The van der Waals surface area contributed by atoms with Crippen molar-refractivity contribution in [3.8, 4) is 0 Å². The van der Waals surface area contributed by atoms with Crippen molar-refractivity contribution >= 4 is 11.6 Å². The molecule has 3 heteroatoms. The second-order valence-electron chi connectivity index (χ2n) is 5.24. The van der Waals surface area contributed by atoms with Crippen LogP contribution in [0.2, 0.25) is 0 Å². The highest BCUT2D eigenvalue weighted by Gasteiger charge is 2.18. The maximum absolute atomic E-state index is 12.4. The van der Waals surface area contributed by atoms with E-state index in [9.17, 15) is 4.79 Å². The molecule has 1 aromatic rings. The number of amides is 1. The summed E-state index contributed by atoms with van der Waals surface area (Å²) in [5, 5.41) is 6.53. The van der Waals surface area contributed by atoms with Gasteiger partial charge in [0.05, 0.1) is 11.3 Å². The lowest BCUT2D eigenvalue weighted by Gasteiger charge is -2.22. The fourth-order valence-electron chi connectivity index (χ4n) is 2.69. The molecule has 3 nitrogen and oxygen atoms in total. The predicted molar refractivity (Wildman–Crippen MR) is 79.7 cm³/mol. The first-order valence-corrected chi connectivity index (χ1v) is 7.42. The van der Waals surface area contributed by atoms with Crippen molar-refractivity contribution in [3.05, 3.63) is 29.3 Å². The van der Waals surface area contributed by atoms with E-state index in [1.807, 2.05) is 12.1 Å². The summed E-state index contributed by atoms with van der Waals surface area (Å²) < 4.78 is 0. The molecule has 0 spiro atoms. The molecule has 1 amide bonds. The summed E-state index contributed by atoms with van der Waals surface area (Å²) in [6, 6.07) is 6.31. The van der Waals surface area contributed by atoms with Gasteiger partial charge in [-0.3, -0.25) is 4.79 Å². The molecule has 0 bridgehead atoms. The van der Waals surface area contributed by atoms with Gasteiger partial charge < -0.3 is 10.6 Å². The summed E-state index contributed by atoms with van der Waals surface area (Å²) in [7, 11) is 0. The van der Waals surface area contributed by atoms with Crippen LogP contribution in [-0.2, 0) is 6.42 Å². The van der Waals surface area contributed by atoms with Crippen LogP contribution in [0.1, 0.15) is 55.5 Å². The summed E-state index contributed by atoms with van der Waals surface area (Å²) in [6.07, 6.45) is 5.35. The van der Waals surface area contributed by atoms with E-state index < -0.39 is 0 Å². The van der Waals surface area contributed by atoms with Gasteiger partial charge in [0.25, 0.3) is 5.91 Å². The molecule has 1 aliphatic rings. The first-order chi connectivity index (χ1) is 9.26. The third kappa shape index (κ3) is 3.28. The fourth-order valence-corrected chi connectivity index (χ4v) is 2.69. The number of hydrogen-bond donors (Lipinski definition) is 2. The Morgan fingerprint density at radius 3 is 3.00 bits per heavy atom. The van der Waals surface area contributed by atoms with E-state index in [-0.39, 0.29) is 11.9 Å². The van der Waals surface area contributed by atoms with Gasteiger partial charge in [0.1, 0.15) is 0 Å². The largest absolute Gasteiger partial charge is 0.384 e. The minimum atomic E-state index is 0.0616. The quantitative estimate of drug-likeness (QED) is 0.852. The number of carbonyl (C=O) groups excluding carboxylic acids is 1. The zero-order valence-electron chi connectivity index (χ0n) is 12.0. The van der Waals surface area contributed by atoms with E-state index in [2.05, 4.69) is 30.5 Å². The van der Waals surface area contributed by atoms with E-state index in [1.54, 1.807) is 0 Å². The molecular formula is C16H24N2O. The van der Waals surface area contributed by atoms with Crippen LogP contribution in [0, 0.1) is 0 Å². The van der Waals surface area contributed by atoms with Crippen molar-refractivity contribution in [1.29, 1.82) is 0 Å². The van der Waals surface area contributed by atoms with Gasteiger partial charge in [-0.1, -0.05) is 32.4 Å². The van der Waals surface area contributed by atoms with Gasteiger partial charge >= 0.3 is 0 Å². The van der Waals surface area contributed by atoms with Crippen LogP contribution in [0.5, 0.6) is 0 Å². The molecule has 1 aromatic carbocycles. The number of nitrogens with one attached hydrogen (secondary N) is 2. The molecule has 0 saturated heterocycles. The van der Waals surface area contributed by atoms with Crippen LogP contribution in [0.3, 0.4) is 0 Å². The van der Waals surface area contributed by atoms with Crippen molar-refractivity contribution in [2.24, 2.45) is 0 Å². The maximum Gasteiger partial charge on any atom is 0.253 e. The van der Waals surface area contributed by atoms with Crippen LogP contribution < -0.4 is 10.6 Å². The molecule has 0 saturated carbocycles. The number of hydrogen-bond acceptors (Lipinski definition) is 2. The smallest absolute Gasteiger partial charge is 0.253 e. The van der Waals surface area contributed by atoms with Crippen LogP contribution in [0.4, 0.5) is 5.69 Å². The van der Waals surface area contributed by atoms with E-state index in [4.69, 9.17) is 0 Å². The summed E-state index contributed by atoms with van der Waals surface area (Å²) in [4.78, 5) is 12.4. The van der Waals surface area contributed by atoms with Crippen LogP contribution in [0.25, 0.3) is 0 Å². The van der Waals surface area contributed by atoms with Crippen LogP contribution in [0.15, 0.2) is 18.2 Å². The average molecular weight is 260 g/mol. The van der Waals surface area contributed by atoms with Gasteiger partial charge in [0, 0.05) is 12.6 Å². The molecule has 0 radical (unpaired) electrons. The lowest BCUT2D eigenvalue weighted by molar-refractivity contribution is 0.0934. The number of carbonyl (C=O) groups is 1. The van der Waals surface area contributed by atoms with Crippen molar-refractivity contribution in [1.82, 2.24) is 5.32 Å². The molecule has 0 fully saturated rings. The molecule has 0 aliphatic carbocycles. The zero-order valence-corrected chi connectivity index (χ0v) is 12.0. The maximum atomic E-state index is 12.4. The van der Waals surface area contributed by atoms with Gasteiger partial charge in [0.15, 0.2) is 0 Å². The number of aryl methyl sites for hydroxylation is 1. The molecule has 1 unspecified atom stereocenters. The Morgan fingerprint density at radius 1 is 1.42 bits per heavy atom. The lowest BCUT2D eigenvalue weighted by atomic mass is 9.98. The van der Waals surface area contributed by atoms with Crippen LogP contribution >= 0.6 is 0 Å². The molecule has 1 aliphatic heterocycles. The minimum absolute atomic E-state index is 0.0616. The Balaban J connectivity index is 2.15. The first kappa shape index (κ1) is 13.9. The van der Waals surface area contributed by atoms with Crippen molar-refractivity contribution < 1.29 is 4.79 Å². The molecular weight excluding hydrogens is 236 g/mol. The van der Waals surface area contributed by atoms with Gasteiger partial charge in [-0.15, -0.1) is 0 Å². The summed E-state index contributed by atoms with van der Waals surface area (Å²) in [5.41, 5.74) is 3.10. The standard InChI is InChI=1S/C16H24N2O/c1-3-7-13(4-2)18-16(19)14-10-5-8-12-9-6-11-17-15(12)14/h5,8,10,13,17H,3-4,6-7,9,11H2,1-2H3,(H,18,19). The van der Waals surface area contributed by atoms with E-state index in [0.29, 0.717) is 0 Å². The zero-order chi connectivity index (χ0) is 13.7. The van der Waals surface area contributed by atoms with E-state index >= 15 is 0 Å². The SMILES string of the molecule is CCCC(CC)NC(=O)c1cccc2c1NCCC2. The molecule has 2 N–H and O–H groups in total. The van der Waals surface area contributed by atoms with Crippen molar-refractivity contribution in [3.63, 3.8) is 0 Å². The number of fused-ring (bicyclic) bond motifs is 1. The van der Waals surface area contributed by atoms with E-state index in [0.717, 1.165) is 49.9 Å². The average Bonchev–Trinajstić information content (AvgIpc) is 2.46. The number of para-hydroxylation sites is 1. The van der Waals surface area contributed by atoms with Gasteiger partial charge in [-0.05, 0) is 37.3 Å². The Kier molecular flexibility index (Phi) is 4.83. The second-order valence-corrected chi connectivity index (χ2v) is 5.24. The summed E-state index contributed by atoms with van der Waals surface area (Å²) in [6.45, 7) is 5.24. The third-order valence-electron chi connectivity index (χ3n) is 3.79. The second kappa shape index (κ2) is 6.60. The van der Waals surface area contributed by atoms with Crippen molar-refractivity contribution in [2.45, 2.75) is 52.0 Å². The lowest BCUT2D eigenvalue weighted by Crippen LogP contribution is -2.35. The summed E-state index contributed by atoms with van der Waals surface area (Å²) in [5.74, 6) is 0.0616. The summed E-state index contributed by atoms with van der Waals surface area (Å²) >= 11 is 0. The highest BCUT2D eigenvalue weighted by Crippen LogP contribution is 2.26. The molecule has 2 rings (SSSR count). The fraction of sp³-hybridized carbons (Fsp3) is 0.562. The van der Waals surface area contributed by atoms with Crippen LogP contribution in [-0.4, -0.2) is 18.5 Å². The topological polar surface area (TPSA) is 41.1 Å². The number of rotatable bonds is 5. The molecule has 1 heterocycles. The Labute approximate surface area is 115 Å². The number of benzene rings is 1. The highest BCUT2D eigenvalue weighted by molar-refractivity contribution is 6.00. The van der Waals surface area contributed by atoms with Gasteiger partial charge in [-0.2, -0.15) is 0 Å². The predicted octanol–water partition coefficient (Wildman–Crippen LogP) is 3.35. The van der Waals surface area contributed by atoms with Gasteiger partial charge in [0.2, 0.25) is 0 Å². The molecule has 19 heavy (non-hydrogen) atoms. The molecule has 1 atom stereocenters. The monoisotopic (exact) mass is 260 g/mol. The normalized spacial score (nSPS) is 15.3. The van der Waals surface area contributed by atoms with Crippen molar-refractivity contribution in [2.75, 3.05) is 11.9 Å². The Bertz CT molecular complexity index is 442. The first-order valence-electron chi connectivity index (χ1n) is 7.42. The Hall–Kier alpha value is -1.51. The number of anilines is 1. The Morgan fingerprint density at radius 2 is 2.26 bits per heavy atom. The molecule has 0 aromatic heterocycles. The molecule has 104 valence electrons. The van der Waals surface area contributed by atoms with E-state index in [1.165, 1.54) is 5.56 Å².